The molecule has 0 aliphatic carbocycles. The molecule has 0 spiro atoms. The van der Waals surface area contributed by atoms with Crippen LogP contribution in [-0.2, 0) is 0 Å². The lowest BCUT2D eigenvalue weighted by atomic mass is 10.6. The maximum atomic E-state index is 3.87. The van der Waals surface area contributed by atoms with Crippen LogP contribution in [0.5, 0.6) is 0 Å². The summed E-state index contributed by atoms with van der Waals surface area (Å²) in [5.74, 6) is 0. The van der Waals surface area contributed by atoms with E-state index in [1.54, 1.807) is 6.33 Å². The summed E-state index contributed by atoms with van der Waals surface area (Å²) >= 11 is 0. The van der Waals surface area contributed by atoms with Gasteiger partial charge in [-0.05, 0) is 12.1 Å². The van der Waals surface area contributed by atoms with Crippen LogP contribution in [0.25, 0.3) is 5.65 Å². The first-order valence-corrected chi connectivity index (χ1v) is 2.62. The van der Waals surface area contributed by atoms with Gasteiger partial charge in [0.1, 0.15) is 12.0 Å². The van der Waals surface area contributed by atoms with Gasteiger partial charge in [0.15, 0.2) is 0 Å². The van der Waals surface area contributed by atoms with Gasteiger partial charge in [0.25, 0.3) is 0 Å². The molecule has 0 aromatic carbocycles. The van der Waals surface area contributed by atoms with Gasteiger partial charge in [0, 0.05) is 6.20 Å². The molecule has 2 aromatic rings. The van der Waals surface area contributed by atoms with Gasteiger partial charge in [-0.25, -0.2) is 9.97 Å². The summed E-state index contributed by atoms with van der Waals surface area (Å²) in [6.45, 7) is 0. The molecule has 3 heteroatoms. The van der Waals surface area contributed by atoms with Crippen molar-refractivity contribution in [2.24, 2.45) is 0 Å². The van der Waals surface area contributed by atoms with Gasteiger partial charge in [-0.1, -0.05) is 0 Å². The Hall–Kier alpha value is -1.38. The molecule has 0 fully saturated rings. The van der Waals surface area contributed by atoms with E-state index < -0.39 is 0 Å². The molecule has 2 aromatic heterocycles. The van der Waals surface area contributed by atoms with E-state index in [-0.39, 0.29) is 0 Å². The third kappa shape index (κ3) is 0.579. The van der Waals surface area contributed by atoms with Crippen molar-refractivity contribution in [3.63, 3.8) is 0 Å². The van der Waals surface area contributed by atoms with Crippen LogP contribution >= 0.6 is 0 Å². The second-order valence-electron chi connectivity index (χ2n) is 1.73. The van der Waals surface area contributed by atoms with E-state index in [2.05, 4.69) is 16.3 Å². The molecule has 0 saturated heterocycles. The van der Waals surface area contributed by atoms with Crippen LogP contribution in [-0.4, -0.2) is 14.4 Å². The van der Waals surface area contributed by atoms with Crippen LogP contribution in [0.15, 0.2) is 24.7 Å². The Balaban J connectivity index is 2.95. The Bertz CT molecular complexity index is 282. The number of rotatable bonds is 0. The summed E-state index contributed by atoms with van der Waals surface area (Å²) in [4.78, 5) is 7.58. The molecule has 1 radical (unpaired) electrons. The average Bonchev–Trinajstić information content (AvgIpc) is 2.33. The first kappa shape index (κ1) is 4.49. The largest absolute Gasteiger partial charge is 0.292 e. The van der Waals surface area contributed by atoms with Gasteiger partial charge in [-0.15, -0.1) is 0 Å². The summed E-state index contributed by atoms with van der Waals surface area (Å²) in [6, 6.07) is 3.82. The SMILES string of the molecule is [c]1ncn2cccc2n1. The second-order valence-corrected chi connectivity index (χ2v) is 1.73. The Morgan fingerprint density at radius 1 is 1.56 bits per heavy atom. The smallest absolute Gasteiger partial charge is 0.201 e. The minimum absolute atomic E-state index is 0.880. The molecule has 3 nitrogen and oxygen atoms in total. The summed E-state index contributed by atoms with van der Waals surface area (Å²) in [5.41, 5.74) is 0.880. The van der Waals surface area contributed by atoms with Crippen molar-refractivity contribution in [2.75, 3.05) is 0 Å². The number of aromatic nitrogens is 3. The van der Waals surface area contributed by atoms with E-state index in [0.717, 1.165) is 5.65 Å². The highest BCUT2D eigenvalue weighted by Gasteiger charge is 1.86. The van der Waals surface area contributed by atoms with E-state index in [1.165, 1.54) is 0 Å². The van der Waals surface area contributed by atoms with Gasteiger partial charge in [0.05, 0.1) is 0 Å². The van der Waals surface area contributed by atoms with E-state index in [1.807, 2.05) is 22.7 Å². The summed E-state index contributed by atoms with van der Waals surface area (Å²) in [6.07, 6.45) is 6.06. The molecule has 0 unspecified atom stereocenters. The van der Waals surface area contributed by atoms with Crippen LogP contribution in [0.4, 0.5) is 0 Å². The molecule has 2 heterocycles. The normalized spacial score (nSPS) is 10.2. The van der Waals surface area contributed by atoms with Crippen LogP contribution in [0, 0.1) is 6.33 Å². The topological polar surface area (TPSA) is 30.2 Å². The van der Waals surface area contributed by atoms with Crippen molar-refractivity contribution >= 4 is 5.65 Å². The maximum Gasteiger partial charge on any atom is 0.201 e. The van der Waals surface area contributed by atoms with Gasteiger partial charge in [-0.3, -0.25) is 4.40 Å². The standard InChI is InChI=1S/C6H4N3/c1-2-6-8-4-7-5-9(6)3-1/h1-3,5H. The fourth-order valence-corrected chi connectivity index (χ4v) is 0.745. The van der Waals surface area contributed by atoms with E-state index in [0.29, 0.717) is 0 Å². The van der Waals surface area contributed by atoms with Crippen molar-refractivity contribution in [1.29, 1.82) is 0 Å². The summed E-state index contributed by atoms with van der Waals surface area (Å²) in [7, 11) is 0. The molecule has 0 aliphatic rings. The lowest BCUT2D eigenvalue weighted by Gasteiger charge is -1.85. The Labute approximate surface area is 52.0 Å². The Morgan fingerprint density at radius 3 is 3.44 bits per heavy atom. The molecule has 0 amide bonds. The van der Waals surface area contributed by atoms with Crippen molar-refractivity contribution in [2.45, 2.75) is 0 Å². The molecule has 0 bridgehead atoms. The average molecular weight is 118 g/mol. The van der Waals surface area contributed by atoms with Gasteiger partial charge in [-0.2, -0.15) is 0 Å². The third-order valence-corrected chi connectivity index (χ3v) is 1.16. The fraction of sp³-hybridized carbons (Fsp3) is 0. The highest BCUT2D eigenvalue weighted by Crippen LogP contribution is 1.94. The van der Waals surface area contributed by atoms with E-state index in [4.69, 9.17) is 0 Å². The number of nitrogens with zero attached hydrogens (tertiary/aromatic N) is 3. The van der Waals surface area contributed by atoms with Crippen LogP contribution in [0.2, 0.25) is 0 Å². The lowest BCUT2D eigenvalue weighted by molar-refractivity contribution is 1.02. The predicted octanol–water partition coefficient (Wildman–Crippen LogP) is 0.529. The zero-order valence-electron chi connectivity index (χ0n) is 4.65. The minimum Gasteiger partial charge on any atom is -0.292 e. The van der Waals surface area contributed by atoms with Crippen molar-refractivity contribution in [3.8, 4) is 0 Å². The van der Waals surface area contributed by atoms with E-state index in [9.17, 15) is 0 Å². The Morgan fingerprint density at radius 2 is 2.56 bits per heavy atom. The molecule has 0 saturated carbocycles. The van der Waals surface area contributed by atoms with Crippen molar-refractivity contribution in [1.82, 2.24) is 14.4 Å². The second kappa shape index (κ2) is 1.55. The van der Waals surface area contributed by atoms with Gasteiger partial charge >= 0.3 is 0 Å². The molecule has 2 rings (SSSR count). The quantitative estimate of drug-likeness (QED) is 0.505. The predicted molar refractivity (Wildman–Crippen MR) is 31.8 cm³/mol. The van der Waals surface area contributed by atoms with Crippen LogP contribution in [0.3, 0.4) is 0 Å². The molecule has 9 heavy (non-hydrogen) atoms. The zero-order valence-corrected chi connectivity index (χ0v) is 4.65. The summed E-state index contributed by atoms with van der Waals surface area (Å²) in [5, 5.41) is 0. The van der Waals surface area contributed by atoms with Crippen molar-refractivity contribution < 1.29 is 0 Å². The van der Waals surface area contributed by atoms with Crippen molar-refractivity contribution in [3.05, 3.63) is 31.0 Å². The fourth-order valence-electron chi connectivity index (χ4n) is 0.745. The number of hydrogen-bond acceptors (Lipinski definition) is 2. The monoisotopic (exact) mass is 118 g/mol. The molecular weight excluding hydrogens is 114 g/mol. The maximum absolute atomic E-state index is 3.87. The number of fused-ring (bicyclic) bond motifs is 1. The zero-order chi connectivity index (χ0) is 6.10. The first-order valence-electron chi connectivity index (χ1n) is 2.62. The lowest BCUT2D eigenvalue weighted by Crippen LogP contribution is -1.85. The highest BCUT2D eigenvalue weighted by atomic mass is 15.0. The number of hydrogen-bond donors (Lipinski definition) is 0. The molecular formula is C6H4N3. The van der Waals surface area contributed by atoms with Gasteiger partial charge < -0.3 is 0 Å². The molecule has 0 atom stereocenters. The minimum atomic E-state index is 0.880. The Kier molecular flexibility index (Phi) is 0.773. The molecule has 0 N–H and O–H groups in total. The van der Waals surface area contributed by atoms with E-state index >= 15 is 0 Å². The first-order chi connectivity index (χ1) is 4.47. The van der Waals surface area contributed by atoms with Crippen LogP contribution < -0.4 is 0 Å². The molecule has 43 valence electrons. The molecule has 0 aliphatic heterocycles. The third-order valence-electron chi connectivity index (χ3n) is 1.16. The highest BCUT2D eigenvalue weighted by molar-refractivity contribution is 5.36. The van der Waals surface area contributed by atoms with Crippen LogP contribution in [0.1, 0.15) is 0 Å². The van der Waals surface area contributed by atoms with Gasteiger partial charge in [0.2, 0.25) is 6.33 Å². The summed E-state index contributed by atoms with van der Waals surface area (Å²) < 4.78 is 1.83.